The van der Waals surface area contributed by atoms with Crippen LogP contribution < -0.4 is 28.3 Å². The topological polar surface area (TPSA) is 178 Å². The summed E-state index contributed by atoms with van der Waals surface area (Å²) in [5, 5.41) is 9.76. The summed E-state index contributed by atoms with van der Waals surface area (Å²) >= 11 is 0. The minimum Gasteiger partial charge on any atom is -0.870 e. The first kappa shape index (κ1) is 58.8. The number of halogens is 6. The third kappa shape index (κ3) is 15.0. The summed E-state index contributed by atoms with van der Waals surface area (Å²) in [5.41, 5.74) is 2.54. The molecule has 12 nitrogen and oxygen atoms in total. The van der Waals surface area contributed by atoms with Crippen LogP contribution in [-0.2, 0) is 26.7 Å². The van der Waals surface area contributed by atoms with Gasteiger partial charge in [-0.15, -0.1) is 0 Å². The summed E-state index contributed by atoms with van der Waals surface area (Å²) in [6, 6.07) is 17.5. The van der Waals surface area contributed by atoms with E-state index in [1.165, 1.54) is 15.0 Å². The van der Waals surface area contributed by atoms with Gasteiger partial charge in [-0.25, -0.2) is 9.97 Å². The first-order valence-electron chi connectivity index (χ1n) is 22.3. The number of esters is 1. The molecule has 0 saturated heterocycles. The van der Waals surface area contributed by atoms with Gasteiger partial charge in [0.25, 0.3) is 0 Å². The van der Waals surface area contributed by atoms with Crippen molar-refractivity contribution >= 4 is 23.2 Å². The van der Waals surface area contributed by atoms with E-state index in [-0.39, 0.29) is 66.3 Å². The molecular weight excluding hydrogens is 918 g/mol. The van der Waals surface area contributed by atoms with Gasteiger partial charge in [-0.3, -0.25) is 9.59 Å². The van der Waals surface area contributed by atoms with Crippen molar-refractivity contribution < 1.29 is 85.1 Å². The zero-order valence-electron chi connectivity index (χ0n) is 39.4. The van der Waals surface area contributed by atoms with Crippen molar-refractivity contribution in [2.75, 3.05) is 19.8 Å². The molecule has 0 amide bonds. The molecule has 4 aromatic heterocycles. The summed E-state index contributed by atoms with van der Waals surface area (Å²) in [6.45, 7) is 11.2. The summed E-state index contributed by atoms with van der Waals surface area (Å²) in [7, 11) is 0. The van der Waals surface area contributed by atoms with Gasteiger partial charge in [-0.05, 0) is 140 Å². The van der Waals surface area contributed by atoms with Crippen LogP contribution in [0.25, 0.3) is 33.5 Å². The predicted molar refractivity (Wildman–Crippen MR) is 249 cm³/mol. The number of aliphatic carboxylic acids is 1. The minimum atomic E-state index is -4.53. The number of ether oxygens (including phenoxy) is 3. The molecule has 0 radical (unpaired) electrons. The second kappa shape index (κ2) is 24.5. The number of carboxylic acids is 1. The molecule has 4 heterocycles. The molecule has 2 aliphatic carbocycles. The van der Waals surface area contributed by atoms with E-state index in [1.807, 2.05) is 45.9 Å². The van der Waals surface area contributed by atoms with Crippen LogP contribution in [0.4, 0.5) is 26.3 Å². The van der Waals surface area contributed by atoms with Crippen LogP contribution in [-0.4, -0.2) is 66.6 Å². The fourth-order valence-corrected chi connectivity index (χ4v) is 7.72. The van der Waals surface area contributed by atoms with E-state index in [0.717, 1.165) is 49.2 Å². The molecule has 19 heteroatoms. The fourth-order valence-electron chi connectivity index (χ4n) is 7.72. The van der Waals surface area contributed by atoms with Gasteiger partial charge in [0.2, 0.25) is 0 Å². The van der Waals surface area contributed by atoms with Crippen molar-refractivity contribution in [2.24, 2.45) is 23.7 Å². The Bertz CT molecular complexity index is 2680. The number of carbonyl (C=O) groups is 2. The fraction of sp³-hybridized carbons (Fsp3) is 0.451. The molecule has 376 valence electrons. The second-order valence-corrected chi connectivity index (χ2v) is 18.1. The third-order valence-electron chi connectivity index (χ3n) is 11.6. The molecule has 70 heavy (non-hydrogen) atoms. The van der Waals surface area contributed by atoms with E-state index in [0.29, 0.717) is 78.3 Å². The van der Waals surface area contributed by atoms with Gasteiger partial charge in [-0.1, -0.05) is 47.3 Å². The van der Waals surface area contributed by atoms with Gasteiger partial charge >= 0.3 is 43.2 Å². The Hall–Kier alpha value is -5.54. The molecule has 2 saturated carbocycles. The monoisotopic (exact) mass is 978 g/mol. The van der Waals surface area contributed by atoms with E-state index >= 15 is 0 Å². The number of carbonyl (C=O) groups excluding carboxylic acids is 1. The van der Waals surface area contributed by atoms with Crippen LogP contribution in [0, 0.1) is 23.7 Å². The van der Waals surface area contributed by atoms with Gasteiger partial charge in [0.05, 0.1) is 31.7 Å². The molecule has 0 spiro atoms. The number of nitrogens with zero attached hydrogens (tertiary/aromatic N) is 4. The van der Waals surface area contributed by atoms with Crippen molar-refractivity contribution in [1.82, 2.24) is 18.8 Å². The Morgan fingerprint density at radius 1 is 0.686 bits per heavy atom. The summed E-state index contributed by atoms with van der Waals surface area (Å²) in [4.78, 5) is 32.1. The van der Waals surface area contributed by atoms with Crippen molar-refractivity contribution in [3.05, 3.63) is 108 Å². The smallest absolute Gasteiger partial charge is 0.870 e. The number of rotatable bonds is 17. The van der Waals surface area contributed by atoms with Crippen molar-refractivity contribution in [2.45, 2.75) is 105 Å². The Morgan fingerprint density at radius 3 is 1.44 bits per heavy atom. The van der Waals surface area contributed by atoms with Crippen LogP contribution in [0.2, 0.25) is 0 Å². The first-order valence-corrected chi connectivity index (χ1v) is 22.3. The normalized spacial score (nSPS) is 14.3. The number of hydrogen-bond donors (Lipinski definition) is 1. The molecule has 4 N–H and O–H groups in total. The van der Waals surface area contributed by atoms with E-state index in [1.54, 1.807) is 55.6 Å². The molecule has 2 fully saturated rings. The van der Waals surface area contributed by atoms with Gasteiger partial charge in [0.15, 0.2) is 11.4 Å². The summed E-state index contributed by atoms with van der Waals surface area (Å²) in [5.74, 6) is 0.405. The molecule has 0 aliphatic heterocycles. The summed E-state index contributed by atoms with van der Waals surface area (Å²) in [6.07, 6.45) is 1.54. The standard InChI is InChI=1S/C26H29F3N2O3.C24H25F3N2O3.CH4.Li.2H2O/c1-4-33-25(32)21(11-16(2)3)18-7-8-22(34-15-17-5-6-17)20(12-18)19-9-10-31-14-23(26(27,28)29)30-24(31)13-19;1-14(2)9-19(23(30)31)16-5-6-20(32-13-15-3-4-15)18(10-16)17-7-8-29-12-21(24(25,26)27)28-22(29)11-17;;;;/h7-10,12-14,16-17,21H,4-6,11,15H2,1-3H3;5-8,10-12,14-15,19H,3-4,9,13H2,1-2H3,(H,30,31);1H4;;2*1H2/q;;;+1;;/p-1. The number of fused-ring (bicyclic) bond motifs is 2. The molecule has 2 atom stereocenters. The quantitative estimate of drug-likeness (QED) is 0.0530. The maximum Gasteiger partial charge on any atom is 1.00 e. The number of carboxylic acid groups (broad SMARTS) is 1. The van der Waals surface area contributed by atoms with Crippen LogP contribution in [0.15, 0.2) is 85.5 Å². The zero-order valence-corrected chi connectivity index (χ0v) is 39.4. The molecule has 2 aliphatic rings. The van der Waals surface area contributed by atoms with Gasteiger partial charge in [-0.2, -0.15) is 26.3 Å². The predicted octanol–water partition coefficient (Wildman–Crippen LogP) is 9.16. The van der Waals surface area contributed by atoms with E-state index in [4.69, 9.17) is 14.2 Å². The number of benzene rings is 2. The molecular formula is C51H61F6LiN4O8. The summed E-state index contributed by atoms with van der Waals surface area (Å²) < 4.78 is 98.7. The number of pyridine rings is 2. The van der Waals surface area contributed by atoms with Crippen LogP contribution in [0.5, 0.6) is 11.5 Å². The van der Waals surface area contributed by atoms with Crippen molar-refractivity contribution in [3.63, 3.8) is 0 Å². The van der Waals surface area contributed by atoms with Crippen molar-refractivity contribution in [1.29, 1.82) is 0 Å². The molecule has 6 aromatic rings. The Labute approximate surface area is 415 Å². The van der Waals surface area contributed by atoms with Crippen LogP contribution in [0.3, 0.4) is 0 Å². The number of hydrogen-bond acceptors (Lipinski definition) is 8. The average Bonchev–Trinajstić information content (AvgIpc) is 4.18. The second-order valence-electron chi connectivity index (χ2n) is 18.1. The third-order valence-corrected chi connectivity index (χ3v) is 11.6. The first-order chi connectivity index (χ1) is 31.3. The number of aromatic nitrogens is 4. The zero-order chi connectivity index (χ0) is 47.5. The Morgan fingerprint density at radius 2 is 1.09 bits per heavy atom. The van der Waals surface area contributed by atoms with Crippen LogP contribution >= 0.6 is 0 Å². The molecule has 0 bridgehead atoms. The van der Waals surface area contributed by atoms with E-state index in [2.05, 4.69) is 9.97 Å². The van der Waals surface area contributed by atoms with Crippen LogP contribution in [0.1, 0.15) is 115 Å². The molecule has 2 unspecified atom stereocenters. The molecule has 2 aromatic carbocycles. The average molecular weight is 979 g/mol. The number of alkyl halides is 6. The Kier molecular flexibility index (Phi) is 20.6. The number of imidazole rings is 2. The molecule has 8 rings (SSSR count). The maximum absolute atomic E-state index is 13.1. The largest absolute Gasteiger partial charge is 1.00 e. The maximum atomic E-state index is 13.1. The van der Waals surface area contributed by atoms with Gasteiger partial charge < -0.3 is 39.1 Å². The van der Waals surface area contributed by atoms with Crippen molar-refractivity contribution in [3.8, 4) is 33.8 Å². The van der Waals surface area contributed by atoms with Gasteiger partial charge in [0.1, 0.15) is 22.8 Å². The Balaban J connectivity index is 0.000000351. The SMILES string of the molecule is C.CC(C)CC(C(=O)O)c1ccc(OCC2CC2)c(-c2ccn3cc(C(F)(F)F)nc3c2)c1.CCOC(=O)C(CC(C)C)c1ccc(OCC2CC2)c(-c2ccn3cc(C(F)(F)F)nc3c2)c1.O.[Li+].[OH-]. The van der Waals surface area contributed by atoms with Gasteiger partial charge in [0, 0.05) is 35.9 Å². The van der Waals surface area contributed by atoms with E-state index < -0.39 is 41.5 Å². The minimum absolute atomic E-state index is 0. The van der Waals surface area contributed by atoms with E-state index in [9.17, 15) is 41.0 Å².